The predicted octanol–water partition coefficient (Wildman–Crippen LogP) is 2.21. The van der Waals surface area contributed by atoms with Gasteiger partial charge in [0.1, 0.15) is 11.6 Å². The lowest BCUT2D eigenvalue weighted by Crippen LogP contribution is -2.35. The zero-order valence-electron chi connectivity index (χ0n) is 17.4. The van der Waals surface area contributed by atoms with Crippen molar-refractivity contribution < 1.29 is 19.1 Å². The number of fused-ring (bicyclic) bond motifs is 2. The van der Waals surface area contributed by atoms with Crippen molar-refractivity contribution in [3.63, 3.8) is 0 Å². The van der Waals surface area contributed by atoms with Gasteiger partial charge in [-0.1, -0.05) is 18.2 Å². The number of aryl methyl sites for hydroxylation is 1. The van der Waals surface area contributed by atoms with Crippen LogP contribution in [0.15, 0.2) is 47.3 Å². The molecule has 8 nitrogen and oxygen atoms in total. The van der Waals surface area contributed by atoms with Crippen LogP contribution < -0.4 is 15.6 Å². The molecule has 1 aromatic heterocycles. The van der Waals surface area contributed by atoms with Crippen LogP contribution in [0, 0.1) is 0 Å². The van der Waals surface area contributed by atoms with Crippen LogP contribution in [0.2, 0.25) is 0 Å². The molecular weight excluding hydrogens is 398 g/mol. The van der Waals surface area contributed by atoms with E-state index in [-0.39, 0.29) is 17.7 Å². The fourth-order valence-electron chi connectivity index (χ4n) is 3.67. The van der Waals surface area contributed by atoms with Crippen molar-refractivity contribution in [3.05, 3.63) is 69.8 Å². The molecule has 0 saturated heterocycles. The number of methoxy groups -OCH3 is 1. The molecule has 160 valence electrons. The third kappa shape index (κ3) is 4.14. The number of nitrogens with zero attached hydrogens (tertiary/aromatic N) is 2. The summed E-state index contributed by atoms with van der Waals surface area (Å²) in [5.74, 6) is 0.323. The molecular formula is C23H23N3O5. The average molecular weight is 421 g/mol. The quantitative estimate of drug-likeness (QED) is 0.613. The Bertz CT molecular complexity index is 1220. The fourth-order valence-corrected chi connectivity index (χ4v) is 3.67. The van der Waals surface area contributed by atoms with E-state index >= 15 is 0 Å². The molecule has 0 fully saturated rings. The van der Waals surface area contributed by atoms with Gasteiger partial charge in [-0.15, -0.1) is 0 Å². The summed E-state index contributed by atoms with van der Waals surface area (Å²) in [7, 11) is 1.56. The Balaban J connectivity index is 1.43. The molecule has 1 amide bonds. The first-order valence-corrected chi connectivity index (χ1v) is 10.1. The first-order valence-electron chi connectivity index (χ1n) is 10.1. The SMILES string of the molecule is COc1ccccc1CNC(=O)[C@@H](C)OC(=O)c1ccc2c(=O)n3c(nc2c1)CCC3. The molecule has 1 N–H and O–H groups in total. The van der Waals surface area contributed by atoms with Gasteiger partial charge in [-0.2, -0.15) is 0 Å². The maximum Gasteiger partial charge on any atom is 0.338 e. The van der Waals surface area contributed by atoms with Gasteiger partial charge in [0.2, 0.25) is 0 Å². The van der Waals surface area contributed by atoms with Gasteiger partial charge in [0, 0.05) is 25.1 Å². The molecule has 8 heteroatoms. The first kappa shape index (κ1) is 20.6. The predicted molar refractivity (Wildman–Crippen MR) is 114 cm³/mol. The molecule has 1 aliphatic rings. The maximum absolute atomic E-state index is 12.6. The molecule has 3 aromatic rings. The summed E-state index contributed by atoms with van der Waals surface area (Å²) < 4.78 is 12.3. The second-order valence-electron chi connectivity index (χ2n) is 7.40. The monoisotopic (exact) mass is 421 g/mol. The summed E-state index contributed by atoms with van der Waals surface area (Å²) in [4.78, 5) is 42.0. The van der Waals surface area contributed by atoms with Gasteiger partial charge in [-0.3, -0.25) is 14.2 Å². The molecule has 0 unspecified atom stereocenters. The number of amides is 1. The van der Waals surface area contributed by atoms with Crippen molar-refractivity contribution >= 4 is 22.8 Å². The lowest BCUT2D eigenvalue weighted by atomic mass is 10.1. The minimum atomic E-state index is -0.989. The highest BCUT2D eigenvalue weighted by Crippen LogP contribution is 2.18. The van der Waals surface area contributed by atoms with Gasteiger partial charge >= 0.3 is 5.97 Å². The molecule has 2 heterocycles. The van der Waals surface area contributed by atoms with Crippen LogP contribution in [-0.2, 0) is 29.0 Å². The number of hydrogen-bond donors (Lipinski definition) is 1. The Morgan fingerprint density at radius 2 is 2.03 bits per heavy atom. The van der Waals surface area contributed by atoms with Crippen LogP contribution in [0.5, 0.6) is 5.75 Å². The van der Waals surface area contributed by atoms with Crippen LogP contribution >= 0.6 is 0 Å². The lowest BCUT2D eigenvalue weighted by Gasteiger charge is -2.15. The molecule has 0 radical (unpaired) electrons. The Morgan fingerprint density at radius 3 is 2.84 bits per heavy atom. The van der Waals surface area contributed by atoms with Crippen LogP contribution in [0.3, 0.4) is 0 Å². The molecule has 31 heavy (non-hydrogen) atoms. The average Bonchev–Trinajstić information content (AvgIpc) is 3.26. The zero-order chi connectivity index (χ0) is 22.0. The van der Waals surface area contributed by atoms with Crippen molar-refractivity contribution in [2.75, 3.05) is 7.11 Å². The Labute approximate surface area is 178 Å². The molecule has 2 aromatic carbocycles. The van der Waals surface area contributed by atoms with Crippen LogP contribution in [0.4, 0.5) is 0 Å². The lowest BCUT2D eigenvalue weighted by molar-refractivity contribution is -0.129. The first-order chi connectivity index (χ1) is 15.0. The van der Waals surface area contributed by atoms with Gasteiger partial charge < -0.3 is 14.8 Å². The molecule has 0 spiro atoms. The van der Waals surface area contributed by atoms with Crippen LogP contribution in [0.25, 0.3) is 10.9 Å². The highest BCUT2D eigenvalue weighted by molar-refractivity contribution is 5.95. The van der Waals surface area contributed by atoms with E-state index in [4.69, 9.17) is 9.47 Å². The standard InChI is InChI=1S/C23H23N3O5/c1-14(21(27)24-13-16-6-3-4-7-19(16)30-2)31-23(29)15-9-10-17-18(12-15)25-20-8-5-11-26(20)22(17)28/h3-4,6-7,9-10,12,14H,5,8,11,13H2,1-2H3,(H,24,27)/t14-/m1/s1. The van der Waals surface area contributed by atoms with Crippen molar-refractivity contribution in [2.24, 2.45) is 0 Å². The van der Waals surface area contributed by atoms with E-state index in [1.165, 1.54) is 19.1 Å². The van der Waals surface area contributed by atoms with Crippen LogP contribution in [-0.4, -0.2) is 34.6 Å². The van der Waals surface area contributed by atoms with E-state index < -0.39 is 18.0 Å². The van der Waals surface area contributed by atoms with Gasteiger partial charge in [-0.25, -0.2) is 9.78 Å². The number of aromatic nitrogens is 2. The number of carbonyl (C=O) groups excluding carboxylic acids is 2. The topological polar surface area (TPSA) is 99.5 Å². The van der Waals surface area contributed by atoms with Gasteiger partial charge in [0.05, 0.1) is 23.6 Å². The van der Waals surface area contributed by atoms with Crippen molar-refractivity contribution in [1.29, 1.82) is 0 Å². The largest absolute Gasteiger partial charge is 0.496 e. The number of hydrogen-bond acceptors (Lipinski definition) is 6. The minimum absolute atomic E-state index is 0.0958. The molecule has 0 saturated carbocycles. The Morgan fingerprint density at radius 1 is 1.23 bits per heavy atom. The summed E-state index contributed by atoms with van der Waals surface area (Å²) in [5, 5.41) is 3.21. The third-order valence-corrected chi connectivity index (χ3v) is 5.35. The minimum Gasteiger partial charge on any atom is -0.496 e. The summed E-state index contributed by atoms with van der Waals surface area (Å²) in [6.45, 7) is 2.43. The zero-order valence-corrected chi connectivity index (χ0v) is 17.4. The number of esters is 1. The number of nitrogens with one attached hydrogen (secondary N) is 1. The summed E-state index contributed by atoms with van der Waals surface area (Å²) in [5.41, 5.74) is 1.42. The number of carbonyl (C=O) groups is 2. The van der Waals surface area contributed by atoms with E-state index in [0.717, 1.165) is 24.2 Å². The van der Waals surface area contributed by atoms with Gasteiger partial charge in [-0.05, 0) is 37.6 Å². The van der Waals surface area contributed by atoms with E-state index in [0.29, 0.717) is 23.2 Å². The second-order valence-corrected chi connectivity index (χ2v) is 7.40. The molecule has 1 aliphatic heterocycles. The number of benzene rings is 2. The van der Waals surface area contributed by atoms with E-state index in [1.54, 1.807) is 23.8 Å². The van der Waals surface area contributed by atoms with E-state index in [9.17, 15) is 14.4 Å². The normalized spacial score (nSPS) is 13.5. The van der Waals surface area contributed by atoms with Crippen molar-refractivity contribution in [2.45, 2.75) is 39.0 Å². The smallest absolute Gasteiger partial charge is 0.338 e. The Hall–Kier alpha value is -3.68. The number of para-hydroxylation sites is 1. The Kier molecular flexibility index (Phi) is 5.70. The fraction of sp³-hybridized carbons (Fsp3) is 0.304. The second kappa shape index (κ2) is 8.59. The number of ether oxygens (including phenoxy) is 2. The summed E-state index contributed by atoms with van der Waals surface area (Å²) >= 11 is 0. The van der Waals surface area contributed by atoms with Gasteiger partial charge in [0.15, 0.2) is 6.10 Å². The summed E-state index contributed by atoms with van der Waals surface area (Å²) in [6, 6.07) is 12.0. The molecule has 4 rings (SSSR count). The molecule has 0 bridgehead atoms. The highest BCUT2D eigenvalue weighted by Gasteiger charge is 2.21. The third-order valence-electron chi connectivity index (χ3n) is 5.35. The molecule has 1 atom stereocenters. The van der Waals surface area contributed by atoms with Crippen molar-refractivity contribution in [3.8, 4) is 5.75 Å². The molecule has 0 aliphatic carbocycles. The van der Waals surface area contributed by atoms with Crippen molar-refractivity contribution in [1.82, 2.24) is 14.9 Å². The highest BCUT2D eigenvalue weighted by atomic mass is 16.5. The van der Waals surface area contributed by atoms with E-state index in [1.807, 2.05) is 18.2 Å². The summed E-state index contributed by atoms with van der Waals surface area (Å²) in [6.07, 6.45) is 0.634. The maximum atomic E-state index is 12.6. The number of rotatable bonds is 6. The van der Waals surface area contributed by atoms with Crippen LogP contribution in [0.1, 0.15) is 35.1 Å². The van der Waals surface area contributed by atoms with E-state index in [2.05, 4.69) is 10.3 Å². The van der Waals surface area contributed by atoms with Gasteiger partial charge in [0.25, 0.3) is 11.5 Å².